The molecule has 0 saturated carbocycles. The van der Waals surface area contributed by atoms with Crippen LogP contribution in [-0.4, -0.2) is 17.7 Å². The summed E-state index contributed by atoms with van der Waals surface area (Å²) >= 11 is 0. The molecule has 1 aromatic carbocycles. The second kappa shape index (κ2) is 5.61. The molecule has 1 atom stereocenters. The fourth-order valence-electron chi connectivity index (χ4n) is 1.46. The largest absolute Gasteiger partial charge is 0.479 e. The van der Waals surface area contributed by atoms with Crippen LogP contribution in [0.4, 0.5) is 4.39 Å². The molecule has 0 bridgehead atoms. The third-order valence-electron chi connectivity index (χ3n) is 2.23. The Morgan fingerprint density at radius 3 is 2.75 bits per heavy atom. The molecular weight excluding hydrogens is 211 g/mol. The highest BCUT2D eigenvalue weighted by atomic mass is 19.1. The molecule has 0 saturated heterocycles. The van der Waals surface area contributed by atoms with Gasteiger partial charge in [0.1, 0.15) is 5.82 Å². The number of hydrogen-bond donors (Lipinski definition) is 1. The van der Waals surface area contributed by atoms with E-state index < -0.39 is 12.1 Å². The minimum Gasteiger partial charge on any atom is -0.479 e. The molecule has 0 amide bonds. The molecular formula is C12H15FO3. The number of carbonyl (C=O) groups is 1. The average Bonchev–Trinajstić information content (AvgIpc) is 2.20. The minimum absolute atomic E-state index is 0.369. The summed E-state index contributed by atoms with van der Waals surface area (Å²) in [6.07, 6.45) is -0.273. The molecule has 16 heavy (non-hydrogen) atoms. The van der Waals surface area contributed by atoms with Crippen molar-refractivity contribution in [3.8, 4) is 0 Å². The third kappa shape index (κ3) is 3.03. The molecule has 0 fully saturated rings. The second-order valence-corrected chi connectivity index (χ2v) is 3.59. The van der Waals surface area contributed by atoms with Crippen LogP contribution in [0.15, 0.2) is 18.2 Å². The lowest BCUT2D eigenvalue weighted by atomic mass is 10.0. The van der Waals surface area contributed by atoms with Crippen LogP contribution < -0.4 is 0 Å². The first-order valence-corrected chi connectivity index (χ1v) is 5.16. The van der Waals surface area contributed by atoms with Gasteiger partial charge in [0.2, 0.25) is 0 Å². The lowest BCUT2D eigenvalue weighted by Gasteiger charge is -2.15. The van der Waals surface area contributed by atoms with Crippen molar-refractivity contribution in [3.63, 3.8) is 0 Å². The van der Waals surface area contributed by atoms with Crippen molar-refractivity contribution >= 4 is 5.97 Å². The van der Waals surface area contributed by atoms with Crippen LogP contribution in [0.1, 0.15) is 30.6 Å². The first-order chi connectivity index (χ1) is 7.56. The van der Waals surface area contributed by atoms with Gasteiger partial charge in [0.25, 0.3) is 0 Å². The van der Waals surface area contributed by atoms with Crippen molar-refractivity contribution in [1.82, 2.24) is 0 Å². The normalized spacial score (nSPS) is 12.4. The Morgan fingerprint density at radius 1 is 1.56 bits per heavy atom. The van der Waals surface area contributed by atoms with E-state index in [0.29, 0.717) is 17.7 Å². The molecule has 0 aromatic heterocycles. The number of benzene rings is 1. The van der Waals surface area contributed by atoms with E-state index in [-0.39, 0.29) is 5.82 Å². The molecule has 1 unspecified atom stereocenters. The van der Waals surface area contributed by atoms with Crippen LogP contribution in [0.5, 0.6) is 0 Å². The molecule has 1 aromatic rings. The van der Waals surface area contributed by atoms with Gasteiger partial charge < -0.3 is 9.84 Å². The van der Waals surface area contributed by atoms with E-state index in [2.05, 4.69) is 0 Å². The molecule has 0 radical (unpaired) electrons. The van der Waals surface area contributed by atoms with Gasteiger partial charge in [0, 0.05) is 6.61 Å². The Kier molecular flexibility index (Phi) is 4.43. The Hall–Kier alpha value is -1.42. The Morgan fingerprint density at radius 2 is 2.25 bits per heavy atom. The van der Waals surface area contributed by atoms with E-state index in [1.807, 2.05) is 6.92 Å². The quantitative estimate of drug-likeness (QED) is 0.839. The van der Waals surface area contributed by atoms with Crippen LogP contribution in [0.3, 0.4) is 0 Å². The van der Waals surface area contributed by atoms with Gasteiger partial charge in [-0.1, -0.05) is 13.0 Å². The monoisotopic (exact) mass is 226 g/mol. The molecule has 0 spiro atoms. The molecule has 1 N–H and O–H groups in total. The predicted octanol–water partition coefficient (Wildman–Crippen LogP) is 2.69. The van der Waals surface area contributed by atoms with E-state index in [4.69, 9.17) is 9.84 Å². The first-order valence-electron chi connectivity index (χ1n) is 5.16. The van der Waals surface area contributed by atoms with Gasteiger partial charge in [-0.15, -0.1) is 0 Å². The molecule has 0 aliphatic heterocycles. The predicted molar refractivity (Wildman–Crippen MR) is 57.8 cm³/mol. The Bertz CT molecular complexity index is 377. The van der Waals surface area contributed by atoms with Gasteiger partial charge in [0.15, 0.2) is 6.10 Å². The standard InChI is InChI=1S/C12H15FO3/c1-3-6-16-11(12(14)15)10-5-4-9(13)7-8(10)2/h4-5,7,11H,3,6H2,1-2H3,(H,14,15). The number of ether oxygens (including phenoxy) is 1. The highest BCUT2D eigenvalue weighted by Gasteiger charge is 2.22. The maximum Gasteiger partial charge on any atom is 0.337 e. The summed E-state index contributed by atoms with van der Waals surface area (Å²) in [7, 11) is 0. The maximum absolute atomic E-state index is 12.9. The fraction of sp³-hybridized carbons (Fsp3) is 0.417. The van der Waals surface area contributed by atoms with E-state index in [1.165, 1.54) is 18.2 Å². The van der Waals surface area contributed by atoms with E-state index in [1.54, 1.807) is 6.92 Å². The van der Waals surface area contributed by atoms with Crippen molar-refractivity contribution in [2.24, 2.45) is 0 Å². The van der Waals surface area contributed by atoms with Gasteiger partial charge in [0.05, 0.1) is 0 Å². The van der Waals surface area contributed by atoms with Gasteiger partial charge in [-0.3, -0.25) is 0 Å². The molecule has 0 aliphatic rings. The highest BCUT2D eigenvalue weighted by Crippen LogP contribution is 2.22. The van der Waals surface area contributed by atoms with Gasteiger partial charge in [-0.05, 0) is 36.6 Å². The SMILES string of the molecule is CCCOC(C(=O)O)c1ccc(F)cc1C. The summed E-state index contributed by atoms with van der Waals surface area (Å²) in [6.45, 7) is 3.94. The number of rotatable bonds is 5. The fourth-order valence-corrected chi connectivity index (χ4v) is 1.46. The molecule has 0 aliphatic carbocycles. The van der Waals surface area contributed by atoms with Crippen LogP contribution in [0.2, 0.25) is 0 Å². The van der Waals surface area contributed by atoms with Crippen molar-refractivity contribution in [2.45, 2.75) is 26.4 Å². The van der Waals surface area contributed by atoms with Crippen LogP contribution in [0.25, 0.3) is 0 Å². The molecule has 0 heterocycles. The van der Waals surface area contributed by atoms with Crippen LogP contribution >= 0.6 is 0 Å². The van der Waals surface area contributed by atoms with Crippen LogP contribution in [0, 0.1) is 12.7 Å². The highest BCUT2D eigenvalue weighted by molar-refractivity contribution is 5.74. The summed E-state index contributed by atoms with van der Waals surface area (Å²) in [4.78, 5) is 11.0. The Balaban J connectivity index is 2.96. The minimum atomic E-state index is -1.05. The first kappa shape index (κ1) is 12.6. The zero-order chi connectivity index (χ0) is 12.1. The van der Waals surface area contributed by atoms with Crippen LogP contribution in [-0.2, 0) is 9.53 Å². The zero-order valence-corrected chi connectivity index (χ0v) is 9.37. The lowest BCUT2D eigenvalue weighted by molar-refractivity contribution is -0.151. The van der Waals surface area contributed by atoms with Crippen molar-refractivity contribution in [2.75, 3.05) is 6.61 Å². The number of aliphatic carboxylic acids is 1. The molecule has 1 rings (SSSR count). The summed E-state index contributed by atoms with van der Waals surface area (Å²) < 4.78 is 18.1. The number of carboxylic acid groups (broad SMARTS) is 1. The third-order valence-corrected chi connectivity index (χ3v) is 2.23. The van der Waals surface area contributed by atoms with Crippen molar-refractivity contribution in [3.05, 3.63) is 35.1 Å². The summed E-state index contributed by atoms with van der Waals surface area (Å²) in [5.74, 6) is -1.43. The maximum atomic E-state index is 12.9. The number of aryl methyl sites for hydroxylation is 1. The van der Waals surface area contributed by atoms with Crippen molar-refractivity contribution < 1.29 is 19.0 Å². The molecule has 3 nitrogen and oxygen atoms in total. The number of hydrogen-bond acceptors (Lipinski definition) is 2. The van der Waals surface area contributed by atoms with E-state index in [0.717, 1.165) is 6.42 Å². The zero-order valence-electron chi connectivity index (χ0n) is 9.37. The average molecular weight is 226 g/mol. The summed E-state index contributed by atoms with van der Waals surface area (Å²) in [5, 5.41) is 9.03. The second-order valence-electron chi connectivity index (χ2n) is 3.59. The van der Waals surface area contributed by atoms with E-state index in [9.17, 15) is 9.18 Å². The topological polar surface area (TPSA) is 46.5 Å². The van der Waals surface area contributed by atoms with Gasteiger partial charge in [-0.25, -0.2) is 9.18 Å². The lowest BCUT2D eigenvalue weighted by Crippen LogP contribution is -2.17. The van der Waals surface area contributed by atoms with Crippen molar-refractivity contribution in [1.29, 1.82) is 0 Å². The smallest absolute Gasteiger partial charge is 0.337 e. The number of halogens is 1. The summed E-state index contributed by atoms with van der Waals surface area (Å²) in [6, 6.07) is 4.01. The number of carboxylic acids is 1. The molecule has 4 heteroatoms. The summed E-state index contributed by atoms with van der Waals surface area (Å²) in [5.41, 5.74) is 1.09. The van der Waals surface area contributed by atoms with Gasteiger partial charge in [-0.2, -0.15) is 0 Å². The van der Waals surface area contributed by atoms with E-state index >= 15 is 0 Å². The molecule has 88 valence electrons. The van der Waals surface area contributed by atoms with Gasteiger partial charge >= 0.3 is 5.97 Å². The Labute approximate surface area is 93.9 Å².